The lowest BCUT2D eigenvalue weighted by Crippen LogP contribution is -2.52. The fourth-order valence-corrected chi connectivity index (χ4v) is 4.81. The van der Waals surface area contributed by atoms with Gasteiger partial charge in [0.25, 0.3) is 0 Å². The van der Waals surface area contributed by atoms with Gasteiger partial charge in [0, 0.05) is 55.8 Å². The summed E-state index contributed by atoms with van der Waals surface area (Å²) in [5.74, 6) is 2.31. The van der Waals surface area contributed by atoms with Gasteiger partial charge in [0.1, 0.15) is 18.2 Å². The number of benzene rings is 1. The second-order valence-corrected chi connectivity index (χ2v) is 9.65. The van der Waals surface area contributed by atoms with Crippen molar-refractivity contribution in [2.24, 2.45) is 0 Å². The number of H-pyrrole nitrogens is 1. The van der Waals surface area contributed by atoms with E-state index in [1.165, 1.54) is 10.9 Å². The Bertz CT molecular complexity index is 1490. The van der Waals surface area contributed by atoms with Crippen LogP contribution in [0.15, 0.2) is 42.7 Å². The molecule has 39 heavy (non-hydrogen) atoms. The van der Waals surface area contributed by atoms with Crippen molar-refractivity contribution in [1.82, 2.24) is 34.8 Å². The number of halogens is 1. The lowest BCUT2D eigenvalue weighted by atomic mass is 10.2. The zero-order valence-corrected chi connectivity index (χ0v) is 21.8. The van der Waals surface area contributed by atoms with E-state index in [1.807, 2.05) is 54.0 Å². The molecule has 13 heteroatoms. The number of anilines is 4. The minimum absolute atomic E-state index is 0.0575. The van der Waals surface area contributed by atoms with Gasteiger partial charge in [0.05, 0.1) is 36.9 Å². The number of nitrogens with one attached hydrogen (secondary N) is 2. The number of piperazine rings is 1. The number of aromatic nitrogens is 6. The second-order valence-electron chi connectivity index (χ2n) is 9.65. The topological polar surface area (TPSA) is 120 Å². The van der Waals surface area contributed by atoms with Gasteiger partial charge >= 0.3 is 0 Å². The molecular weight excluding hydrogens is 503 g/mol. The molecule has 2 aliphatic rings. The smallest absolute Gasteiger partial charge is 0.242 e. The quantitative estimate of drug-likeness (QED) is 0.386. The summed E-state index contributed by atoms with van der Waals surface area (Å²) in [5.41, 5.74) is 3.34. The second kappa shape index (κ2) is 10.2. The minimum atomic E-state index is -0.406. The Hall–Kier alpha value is -4.68. The summed E-state index contributed by atoms with van der Waals surface area (Å²) in [5, 5.41) is 14.4. The van der Waals surface area contributed by atoms with Crippen molar-refractivity contribution in [3.8, 4) is 11.4 Å². The Balaban J connectivity index is 1.08. The highest BCUT2D eigenvalue weighted by Gasteiger charge is 2.27. The third-order valence-electron chi connectivity index (χ3n) is 6.76. The molecule has 0 unspecified atom stereocenters. The fraction of sp³-hybridized carbons (Fsp3) is 0.346. The van der Waals surface area contributed by atoms with Crippen molar-refractivity contribution >= 4 is 29.2 Å². The average Bonchev–Trinajstić information content (AvgIpc) is 3.55. The van der Waals surface area contributed by atoms with Crippen molar-refractivity contribution in [3.05, 3.63) is 59.9 Å². The van der Waals surface area contributed by atoms with E-state index in [-0.39, 0.29) is 12.5 Å². The van der Waals surface area contributed by atoms with Crippen molar-refractivity contribution < 1.29 is 13.9 Å². The first kappa shape index (κ1) is 24.6. The SMILES string of the molecule is Cc1cc(Nc2cc(C)[nH]n2)nc(N2CCN(C(=O)CN3CCOc4cc(-n5cc(F)cn5)ccc43)CC2)n1. The van der Waals surface area contributed by atoms with E-state index in [0.29, 0.717) is 68.4 Å². The largest absolute Gasteiger partial charge is 0.489 e. The van der Waals surface area contributed by atoms with E-state index in [1.54, 1.807) is 0 Å². The van der Waals surface area contributed by atoms with E-state index in [9.17, 15) is 9.18 Å². The van der Waals surface area contributed by atoms with Crippen LogP contribution in [0.4, 0.5) is 27.7 Å². The molecule has 2 N–H and O–H groups in total. The monoisotopic (exact) mass is 532 g/mol. The molecule has 0 bridgehead atoms. The molecule has 1 saturated heterocycles. The predicted octanol–water partition coefficient (Wildman–Crippen LogP) is 2.43. The van der Waals surface area contributed by atoms with Gasteiger partial charge in [0.2, 0.25) is 11.9 Å². The molecule has 1 fully saturated rings. The number of aryl methyl sites for hydroxylation is 2. The molecule has 0 spiro atoms. The Morgan fingerprint density at radius 1 is 1.08 bits per heavy atom. The van der Waals surface area contributed by atoms with E-state index >= 15 is 0 Å². The number of rotatable bonds is 6. The maximum absolute atomic E-state index is 13.4. The highest BCUT2D eigenvalue weighted by Crippen LogP contribution is 2.33. The summed E-state index contributed by atoms with van der Waals surface area (Å²) >= 11 is 0. The molecule has 3 aromatic heterocycles. The van der Waals surface area contributed by atoms with E-state index in [4.69, 9.17) is 4.74 Å². The number of hydrogen-bond donors (Lipinski definition) is 2. The molecule has 0 saturated carbocycles. The van der Waals surface area contributed by atoms with Crippen LogP contribution < -0.4 is 19.9 Å². The molecular formula is C26H29FN10O2. The first-order valence-electron chi connectivity index (χ1n) is 12.8. The van der Waals surface area contributed by atoms with Crippen molar-refractivity contribution in [3.63, 3.8) is 0 Å². The standard InChI is InChI=1S/C26H29FN10O2/c1-17-11-23(30-24-12-18(2)32-33-24)31-26(29-17)35-7-5-34(6-8-35)25(38)16-36-9-10-39-22-13-20(3-4-21(22)36)37-15-19(27)14-28-37/h3-4,11-15H,5-10,16H2,1-2H3,(H2,29,30,31,32,33). The molecule has 4 aromatic rings. The normalized spacial score (nSPS) is 15.2. The maximum Gasteiger partial charge on any atom is 0.242 e. The molecule has 12 nitrogen and oxygen atoms in total. The van der Waals surface area contributed by atoms with E-state index < -0.39 is 5.82 Å². The van der Waals surface area contributed by atoms with Gasteiger partial charge in [-0.05, 0) is 26.0 Å². The molecule has 2 aliphatic heterocycles. The van der Waals surface area contributed by atoms with Gasteiger partial charge in [-0.1, -0.05) is 0 Å². The van der Waals surface area contributed by atoms with Gasteiger partial charge < -0.3 is 24.8 Å². The van der Waals surface area contributed by atoms with Crippen molar-refractivity contribution in [2.45, 2.75) is 13.8 Å². The Labute approximate surface area is 224 Å². The molecule has 6 rings (SSSR count). The molecule has 0 atom stereocenters. The summed E-state index contributed by atoms with van der Waals surface area (Å²) in [6.45, 7) is 7.64. The number of carbonyl (C=O) groups is 1. The maximum atomic E-state index is 13.4. The molecule has 5 heterocycles. The number of amides is 1. The number of aromatic amines is 1. The summed E-state index contributed by atoms with van der Waals surface area (Å²) < 4.78 is 20.7. The summed E-state index contributed by atoms with van der Waals surface area (Å²) in [6.07, 6.45) is 2.47. The van der Waals surface area contributed by atoms with Crippen LogP contribution in [0.5, 0.6) is 5.75 Å². The lowest BCUT2D eigenvalue weighted by molar-refractivity contribution is -0.130. The minimum Gasteiger partial charge on any atom is -0.489 e. The zero-order chi connectivity index (χ0) is 26.9. The average molecular weight is 533 g/mol. The van der Waals surface area contributed by atoms with Crippen LogP contribution in [0.1, 0.15) is 11.4 Å². The number of fused-ring (bicyclic) bond motifs is 1. The fourth-order valence-electron chi connectivity index (χ4n) is 4.81. The summed E-state index contributed by atoms with van der Waals surface area (Å²) in [4.78, 5) is 28.5. The predicted molar refractivity (Wildman–Crippen MR) is 143 cm³/mol. The van der Waals surface area contributed by atoms with Crippen molar-refractivity contribution in [1.29, 1.82) is 0 Å². The number of hydrogen-bond acceptors (Lipinski definition) is 9. The third kappa shape index (κ3) is 5.33. The highest BCUT2D eigenvalue weighted by molar-refractivity contribution is 5.83. The van der Waals surface area contributed by atoms with E-state index in [2.05, 4.69) is 35.5 Å². The van der Waals surface area contributed by atoms with Gasteiger partial charge in [-0.25, -0.2) is 14.1 Å². The Kier molecular flexibility index (Phi) is 6.47. The number of nitrogens with zero attached hydrogens (tertiary/aromatic N) is 8. The molecule has 0 aliphatic carbocycles. The third-order valence-corrected chi connectivity index (χ3v) is 6.76. The van der Waals surface area contributed by atoms with E-state index in [0.717, 1.165) is 23.3 Å². The van der Waals surface area contributed by atoms with Gasteiger partial charge in [0.15, 0.2) is 11.6 Å². The first-order valence-corrected chi connectivity index (χ1v) is 12.8. The summed E-state index contributed by atoms with van der Waals surface area (Å²) in [7, 11) is 0. The summed E-state index contributed by atoms with van der Waals surface area (Å²) in [6, 6.07) is 9.33. The first-order chi connectivity index (χ1) is 18.9. The van der Waals surface area contributed by atoms with Crippen LogP contribution in [-0.2, 0) is 4.79 Å². The lowest BCUT2D eigenvalue weighted by Gasteiger charge is -2.37. The van der Waals surface area contributed by atoms with Gasteiger partial charge in [-0.2, -0.15) is 15.2 Å². The molecule has 202 valence electrons. The van der Waals surface area contributed by atoms with Gasteiger partial charge in [-0.15, -0.1) is 0 Å². The molecule has 1 aromatic carbocycles. The van der Waals surface area contributed by atoms with Crippen LogP contribution in [0.25, 0.3) is 5.69 Å². The molecule has 1 amide bonds. The zero-order valence-electron chi connectivity index (χ0n) is 21.8. The van der Waals surface area contributed by atoms with Crippen LogP contribution in [-0.4, -0.2) is 86.6 Å². The number of carbonyl (C=O) groups excluding carboxylic acids is 1. The molecule has 0 radical (unpaired) electrons. The Morgan fingerprint density at radius 2 is 1.92 bits per heavy atom. The van der Waals surface area contributed by atoms with Crippen LogP contribution in [0, 0.1) is 19.7 Å². The van der Waals surface area contributed by atoms with Gasteiger partial charge in [-0.3, -0.25) is 9.89 Å². The van der Waals surface area contributed by atoms with Crippen LogP contribution in [0.3, 0.4) is 0 Å². The van der Waals surface area contributed by atoms with Crippen LogP contribution >= 0.6 is 0 Å². The van der Waals surface area contributed by atoms with Crippen LogP contribution in [0.2, 0.25) is 0 Å². The van der Waals surface area contributed by atoms with Crippen molar-refractivity contribution in [2.75, 3.05) is 61.0 Å². The Morgan fingerprint density at radius 3 is 2.67 bits per heavy atom. The highest BCUT2D eigenvalue weighted by atomic mass is 19.1. The number of ether oxygens (including phenoxy) is 1.